The molecular formula is C29H34ClN3O5S. The molecule has 8 nitrogen and oxygen atoms in total. The van der Waals surface area contributed by atoms with Crippen LogP contribution in [0.2, 0.25) is 5.02 Å². The molecule has 0 aliphatic carbocycles. The van der Waals surface area contributed by atoms with E-state index in [0.717, 1.165) is 27.3 Å². The molecule has 0 aliphatic rings. The number of hydrogen-bond acceptors (Lipinski definition) is 5. The molecule has 2 amide bonds. The third kappa shape index (κ3) is 8.21. The molecule has 0 aliphatic heterocycles. The van der Waals surface area contributed by atoms with Crippen molar-refractivity contribution in [2.24, 2.45) is 0 Å². The van der Waals surface area contributed by atoms with E-state index in [9.17, 15) is 18.0 Å². The number of nitrogens with zero attached hydrogens (tertiary/aromatic N) is 2. The summed E-state index contributed by atoms with van der Waals surface area (Å²) in [5, 5.41) is 3.37. The summed E-state index contributed by atoms with van der Waals surface area (Å²) >= 11 is 6.07. The van der Waals surface area contributed by atoms with Gasteiger partial charge >= 0.3 is 0 Å². The highest BCUT2D eigenvalue weighted by Gasteiger charge is 2.33. The molecule has 39 heavy (non-hydrogen) atoms. The van der Waals surface area contributed by atoms with Crippen LogP contribution in [0.5, 0.6) is 5.75 Å². The molecule has 0 heterocycles. The number of benzene rings is 3. The molecule has 0 saturated heterocycles. The normalized spacial score (nSPS) is 11.9. The van der Waals surface area contributed by atoms with Crippen molar-refractivity contribution >= 4 is 39.1 Å². The number of carbonyl (C=O) groups excluding carboxylic acids is 2. The summed E-state index contributed by atoms with van der Waals surface area (Å²) < 4.78 is 32.4. The van der Waals surface area contributed by atoms with Gasteiger partial charge in [-0.2, -0.15) is 0 Å². The lowest BCUT2D eigenvalue weighted by Gasteiger charge is -2.33. The summed E-state index contributed by atoms with van der Waals surface area (Å²) in [6.45, 7) is 3.56. The van der Waals surface area contributed by atoms with Crippen LogP contribution in [-0.2, 0) is 32.6 Å². The number of ether oxygens (including phenoxy) is 1. The van der Waals surface area contributed by atoms with E-state index in [1.165, 1.54) is 12.0 Å². The molecule has 0 fully saturated rings. The summed E-state index contributed by atoms with van der Waals surface area (Å²) in [7, 11) is -2.46. The highest BCUT2D eigenvalue weighted by Crippen LogP contribution is 2.31. The van der Waals surface area contributed by atoms with E-state index in [0.29, 0.717) is 17.3 Å². The summed E-state index contributed by atoms with van der Waals surface area (Å²) in [6, 6.07) is 20.6. The lowest BCUT2D eigenvalue weighted by molar-refractivity contribution is -0.140. The number of likely N-dealkylation sites (N-methyl/N-ethyl adjacent to an activating group) is 1. The lowest BCUT2D eigenvalue weighted by Crippen LogP contribution is -2.53. The van der Waals surface area contributed by atoms with Gasteiger partial charge in [-0.05, 0) is 54.8 Å². The van der Waals surface area contributed by atoms with E-state index in [4.69, 9.17) is 16.3 Å². The van der Waals surface area contributed by atoms with E-state index >= 15 is 0 Å². The molecule has 1 N–H and O–H groups in total. The Labute approximate surface area is 235 Å². The number of aryl methyl sites for hydroxylation is 1. The SMILES string of the molecule is CCNC(=O)[C@H](Cc1ccccc1)N(Cc1ccc(Cl)cc1)C(=O)CN(c1cc(C)ccc1OC)S(C)(=O)=O. The second kappa shape index (κ2) is 13.5. The Morgan fingerprint density at radius 2 is 1.67 bits per heavy atom. The number of anilines is 1. The molecule has 0 unspecified atom stereocenters. The van der Waals surface area contributed by atoms with Gasteiger partial charge in [0.15, 0.2) is 0 Å². The minimum absolute atomic E-state index is 0.0766. The van der Waals surface area contributed by atoms with Gasteiger partial charge in [0.05, 0.1) is 19.1 Å². The van der Waals surface area contributed by atoms with Crippen molar-refractivity contribution < 1.29 is 22.7 Å². The third-order valence-corrected chi connectivity index (χ3v) is 7.55. The van der Waals surface area contributed by atoms with Crippen molar-refractivity contribution in [3.05, 3.63) is 94.5 Å². The summed E-state index contributed by atoms with van der Waals surface area (Å²) in [5.41, 5.74) is 2.66. The van der Waals surface area contributed by atoms with E-state index < -0.39 is 28.5 Å². The fourth-order valence-electron chi connectivity index (χ4n) is 4.22. The van der Waals surface area contributed by atoms with Crippen LogP contribution in [0, 0.1) is 6.92 Å². The maximum atomic E-state index is 14.0. The van der Waals surface area contributed by atoms with Gasteiger partial charge in [-0.3, -0.25) is 13.9 Å². The van der Waals surface area contributed by atoms with Crippen molar-refractivity contribution in [2.75, 3.05) is 30.8 Å². The zero-order chi connectivity index (χ0) is 28.6. The second-order valence-electron chi connectivity index (χ2n) is 9.19. The highest BCUT2D eigenvalue weighted by atomic mass is 35.5. The van der Waals surface area contributed by atoms with Crippen LogP contribution < -0.4 is 14.4 Å². The van der Waals surface area contributed by atoms with Crippen molar-refractivity contribution in [3.63, 3.8) is 0 Å². The molecule has 0 spiro atoms. The predicted octanol–water partition coefficient (Wildman–Crippen LogP) is 4.20. The number of carbonyl (C=O) groups is 2. The van der Waals surface area contributed by atoms with Gasteiger partial charge in [0.2, 0.25) is 21.8 Å². The minimum Gasteiger partial charge on any atom is -0.495 e. The minimum atomic E-state index is -3.90. The van der Waals surface area contributed by atoms with Gasteiger partial charge in [0.25, 0.3) is 0 Å². The zero-order valence-electron chi connectivity index (χ0n) is 22.6. The summed E-state index contributed by atoms with van der Waals surface area (Å²) in [4.78, 5) is 28.8. The van der Waals surface area contributed by atoms with Crippen LogP contribution >= 0.6 is 11.6 Å². The molecule has 1 atom stereocenters. The first-order valence-corrected chi connectivity index (χ1v) is 14.7. The molecule has 3 rings (SSSR count). The first-order valence-electron chi connectivity index (χ1n) is 12.5. The Bertz CT molecular complexity index is 1380. The number of halogens is 1. The maximum Gasteiger partial charge on any atom is 0.244 e. The van der Waals surface area contributed by atoms with Crippen molar-refractivity contribution in [2.45, 2.75) is 32.9 Å². The Morgan fingerprint density at radius 1 is 1.00 bits per heavy atom. The molecular weight excluding hydrogens is 538 g/mol. The van der Waals surface area contributed by atoms with E-state index in [1.54, 1.807) is 49.4 Å². The van der Waals surface area contributed by atoms with Gasteiger partial charge in [0, 0.05) is 24.5 Å². The van der Waals surface area contributed by atoms with Crippen LogP contribution in [-0.4, -0.2) is 57.6 Å². The van der Waals surface area contributed by atoms with E-state index in [1.807, 2.05) is 37.3 Å². The molecule has 0 saturated carbocycles. The second-order valence-corrected chi connectivity index (χ2v) is 11.5. The van der Waals surface area contributed by atoms with Crippen molar-refractivity contribution in [1.82, 2.24) is 10.2 Å². The van der Waals surface area contributed by atoms with Gasteiger partial charge in [-0.15, -0.1) is 0 Å². The smallest absolute Gasteiger partial charge is 0.244 e. The summed E-state index contributed by atoms with van der Waals surface area (Å²) in [5.74, 6) is -0.554. The number of rotatable bonds is 12. The number of nitrogens with one attached hydrogen (secondary N) is 1. The summed E-state index contributed by atoms with van der Waals surface area (Å²) in [6.07, 6.45) is 1.29. The Kier molecular flexibility index (Phi) is 10.4. The molecule has 0 aromatic heterocycles. The fraction of sp³-hybridized carbons (Fsp3) is 0.310. The fourth-order valence-corrected chi connectivity index (χ4v) is 5.19. The average Bonchev–Trinajstić information content (AvgIpc) is 2.90. The van der Waals surface area contributed by atoms with Gasteiger partial charge in [-0.1, -0.05) is 60.1 Å². The predicted molar refractivity (Wildman–Crippen MR) is 155 cm³/mol. The molecule has 3 aromatic rings. The van der Waals surface area contributed by atoms with Gasteiger partial charge in [-0.25, -0.2) is 8.42 Å². The Balaban J connectivity index is 2.07. The van der Waals surface area contributed by atoms with Crippen LogP contribution in [0.3, 0.4) is 0 Å². The van der Waals surface area contributed by atoms with Crippen LogP contribution in [0.15, 0.2) is 72.8 Å². The molecule has 10 heteroatoms. The quantitative estimate of drug-likeness (QED) is 0.351. The van der Waals surface area contributed by atoms with Gasteiger partial charge in [0.1, 0.15) is 18.3 Å². The number of methoxy groups -OCH3 is 1. The number of sulfonamides is 1. The van der Waals surface area contributed by atoms with Crippen LogP contribution in [0.25, 0.3) is 0 Å². The first-order chi connectivity index (χ1) is 18.5. The van der Waals surface area contributed by atoms with Crippen LogP contribution in [0.4, 0.5) is 5.69 Å². The van der Waals surface area contributed by atoms with Crippen molar-refractivity contribution in [3.8, 4) is 5.75 Å². The third-order valence-electron chi connectivity index (χ3n) is 6.17. The Morgan fingerprint density at radius 3 is 2.26 bits per heavy atom. The lowest BCUT2D eigenvalue weighted by atomic mass is 10.0. The Hall–Kier alpha value is -3.56. The number of amides is 2. The topological polar surface area (TPSA) is 96.0 Å². The zero-order valence-corrected chi connectivity index (χ0v) is 24.1. The van der Waals surface area contributed by atoms with Gasteiger partial charge < -0.3 is 15.0 Å². The standard InChI is InChI=1S/C29H34ClN3O5S/c1-5-31-29(35)26(18-22-9-7-6-8-10-22)32(19-23-12-14-24(30)15-13-23)28(34)20-33(39(4,36)37)25-17-21(2)11-16-27(25)38-3/h6-17,26H,5,18-20H2,1-4H3,(H,31,35)/t26-/m0/s1. The molecule has 3 aromatic carbocycles. The average molecular weight is 572 g/mol. The van der Waals surface area contributed by atoms with E-state index in [2.05, 4.69) is 5.32 Å². The number of hydrogen-bond donors (Lipinski definition) is 1. The molecule has 0 bridgehead atoms. The van der Waals surface area contributed by atoms with Crippen LogP contribution in [0.1, 0.15) is 23.6 Å². The first kappa shape index (κ1) is 30.0. The molecule has 0 radical (unpaired) electrons. The maximum absolute atomic E-state index is 14.0. The molecule has 208 valence electrons. The van der Waals surface area contributed by atoms with E-state index in [-0.39, 0.29) is 24.6 Å². The largest absolute Gasteiger partial charge is 0.495 e. The van der Waals surface area contributed by atoms with Crippen molar-refractivity contribution in [1.29, 1.82) is 0 Å². The monoisotopic (exact) mass is 571 g/mol. The highest BCUT2D eigenvalue weighted by molar-refractivity contribution is 7.92.